The highest BCUT2D eigenvalue weighted by Gasteiger charge is 2.11. The number of amides is 1. The first-order chi connectivity index (χ1) is 12.2. The number of rotatable bonds is 5. The van der Waals surface area contributed by atoms with Crippen molar-refractivity contribution in [2.24, 2.45) is 0 Å². The highest BCUT2D eigenvalue weighted by Crippen LogP contribution is 2.24. The molecule has 128 valence electrons. The molecule has 5 heteroatoms. The van der Waals surface area contributed by atoms with E-state index >= 15 is 0 Å². The van der Waals surface area contributed by atoms with Gasteiger partial charge in [-0.25, -0.2) is 9.78 Å². The van der Waals surface area contributed by atoms with E-state index in [1.54, 1.807) is 6.07 Å². The third kappa shape index (κ3) is 3.88. The highest BCUT2D eigenvalue weighted by molar-refractivity contribution is 5.70. The van der Waals surface area contributed by atoms with Crippen molar-refractivity contribution < 1.29 is 9.53 Å². The van der Waals surface area contributed by atoms with Crippen molar-refractivity contribution in [2.45, 2.75) is 20.3 Å². The zero-order valence-electron chi connectivity index (χ0n) is 14.4. The minimum absolute atomic E-state index is 0.453. The van der Waals surface area contributed by atoms with Crippen molar-refractivity contribution in [1.82, 2.24) is 14.9 Å². The molecule has 0 bridgehead atoms. The van der Waals surface area contributed by atoms with Crippen LogP contribution in [0, 0.1) is 0 Å². The lowest BCUT2D eigenvalue weighted by Gasteiger charge is -2.09. The number of benzene rings is 2. The number of nitrogens with zero attached hydrogens (tertiary/aromatic N) is 2. The molecule has 0 spiro atoms. The molecule has 1 heterocycles. The number of nitrogens with one attached hydrogen (secondary N) is 1. The minimum atomic E-state index is -0.453. The summed E-state index contributed by atoms with van der Waals surface area (Å²) in [6.07, 6.45) is 2.36. The number of hydrogen-bond donors (Lipinski definition) is 1. The Bertz CT molecular complexity index is 856. The molecular formula is C20H21N3O2. The van der Waals surface area contributed by atoms with Crippen LogP contribution in [0.2, 0.25) is 0 Å². The SMILES string of the molecule is CCNC(=O)Oc1cccc(-n2cc(-c3ccccc3)nc2CC)c1. The van der Waals surface area contributed by atoms with E-state index in [-0.39, 0.29) is 0 Å². The average molecular weight is 335 g/mol. The van der Waals surface area contributed by atoms with Gasteiger partial charge < -0.3 is 14.6 Å². The van der Waals surface area contributed by atoms with Crippen LogP contribution in [0.15, 0.2) is 60.8 Å². The van der Waals surface area contributed by atoms with E-state index in [4.69, 9.17) is 9.72 Å². The number of aromatic nitrogens is 2. The van der Waals surface area contributed by atoms with Gasteiger partial charge in [0.05, 0.1) is 11.4 Å². The quantitative estimate of drug-likeness (QED) is 0.760. The number of carbonyl (C=O) groups is 1. The van der Waals surface area contributed by atoms with E-state index in [2.05, 4.69) is 12.2 Å². The molecule has 25 heavy (non-hydrogen) atoms. The fraction of sp³-hybridized carbons (Fsp3) is 0.200. The molecule has 0 aliphatic rings. The summed E-state index contributed by atoms with van der Waals surface area (Å²) >= 11 is 0. The van der Waals surface area contributed by atoms with E-state index in [0.717, 1.165) is 29.2 Å². The molecule has 0 saturated carbocycles. The zero-order valence-corrected chi connectivity index (χ0v) is 14.4. The first kappa shape index (κ1) is 16.8. The van der Waals surface area contributed by atoms with Crippen LogP contribution in [0.1, 0.15) is 19.7 Å². The molecule has 0 atom stereocenters. The maximum absolute atomic E-state index is 11.6. The van der Waals surface area contributed by atoms with E-state index in [9.17, 15) is 4.79 Å². The maximum atomic E-state index is 11.6. The minimum Gasteiger partial charge on any atom is -0.410 e. The molecule has 0 fully saturated rings. The predicted octanol–water partition coefficient (Wildman–Crippen LogP) is 4.21. The highest BCUT2D eigenvalue weighted by atomic mass is 16.6. The average Bonchev–Trinajstić information content (AvgIpc) is 3.07. The van der Waals surface area contributed by atoms with Gasteiger partial charge in [0.2, 0.25) is 0 Å². The summed E-state index contributed by atoms with van der Waals surface area (Å²) in [5.41, 5.74) is 2.91. The standard InChI is InChI=1S/C20H21N3O2/c1-3-19-22-18(15-9-6-5-7-10-15)14-23(19)16-11-8-12-17(13-16)25-20(24)21-4-2/h5-14H,3-4H2,1-2H3,(H,21,24). The van der Waals surface area contributed by atoms with Gasteiger partial charge in [0.1, 0.15) is 11.6 Å². The van der Waals surface area contributed by atoms with Crippen LogP contribution in [0.25, 0.3) is 16.9 Å². The van der Waals surface area contributed by atoms with E-state index in [0.29, 0.717) is 12.3 Å². The van der Waals surface area contributed by atoms with Crippen molar-refractivity contribution in [3.8, 4) is 22.7 Å². The second-order valence-corrected chi connectivity index (χ2v) is 5.55. The van der Waals surface area contributed by atoms with Crippen molar-refractivity contribution in [3.63, 3.8) is 0 Å². The Balaban J connectivity index is 1.93. The molecule has 0 aliphatic heterocycles. The second-order valence-electron chi connectivity index (χ2n) is 5.55. The molecule has 1 aromatic heterocycles. The number of imidazole rings is 1. The van der Waals surface area contributed by atoms with Crippen LogP contribution < -0.4 is 10.1 Å². The lowest BCUT2D eigenvalue weighted by molar-refractivity contribution is 0.201. The van der Waals surface area contributed by atoms with Crippen LogP contribution in [0.4, 0.5) is 4.79 Å². The van der Waals surface area contributed by atoms with Gasteiger partial charge in [-0.15, -0.1) is 0 Å². The van der Waals surface area contributed by atoms with Crippen LogP contribution in [-0.4, -0.2) is 22.2 Å². The molecular weight excluding hydrogens is 314 g/mol. The van der Waals surface area contributed by atoms with Gasteiger partial charge in [-0.2, -0.15) is 0 Å². The van der Waals surface area contributed by atoms with Crippen molar-refractivity contribution in [1.29, 1.82) is 0 Å². The summed E-state index contributed by atoms with van der Waals surface area (Å²) in [7, 11) is 0. The molecule has 3 aromatic rings. The zero-order chi connectivity index (χ0) is 17.6. The summed E-state index contributed by atoms with van der Waals surface area (Å²) in [6, 6.07) is 17.5. The van der Waals surface area contributed by atoms with Gasteiger partial charge in [-0.05, 0) is 19.1 Å². The molecule has 3 rings (SSSR count). The third-order valence-corrected chi connectivity index (χ3v) is 3.79. The Morgan fingerprint density at radius 3 is 2.64 bits per heavy atom. The van der Waals surface area contributed by atoms with Crippen LogP contribution in [-0.2, 0) is 6.42 Å². The van der Waals surface area contributed by atoms with Gasteiger partial charge in [-0.3, -0.25) is 0 Å². The summed E-state index contributed by atoms with van der Waals surface area (Å²) < 4.78 is 7.33. The molecule has 1 amide bonds. The van der Waals surface area contributed by atoms with Gasteiger partial charge in [0.25, 0.3) is 0 Å². The summed E-state index contributed by atoms with van der Waals surface area (Å²) in [5, 5.41) is 2.62. The normalized spacial score (nSPS) is 10.5. The van der Waals surface area contributed by atoms with E-state index in [1.807, 2.05) is 66.2 Å². The Morgan fingerprint density at radius 1 is 1.12 bits per heavy atom. The van der Waals surface area contributed by atoms with Gasteiger partial charge >= 0.3 is 6.09 Å². The largest absolute Gasteiger partial charge is 0.412 e. The van der Waals surface area contributed by atoms with Crippen LogP contribution in [0.3, 0.4) is 0 Å². The first-order valence-corrected chi connectivity index (χ1v) is 8.41. The lowest BCUT2D eigenvalue weighted by Crippen LogP contribution is -2.26. The van der Waals surface area contributed by atoms with Crippen LogP contribution >= 0.6 is 0 Å². The number of ether oxygens (including phenoxy) is 1. The Morgan fingerprint density at radius 2 is 1.92 bits per heavy atom. The Labute approximate surface area is 147 Å². The first-order valence-electron chi connectivity index (χ1n) is 8.41. The molecule has 0 aliphatic carbocycles. The van der Waals surface area contributed by atoms with Crippen molar-refractivity contribution in [3.05, 3.63) is 66.6 Å². The molecule has 0 saturated heterocycles. The summed E-state index contributed by atoms with van der Waals surface area (Å²) in [4.78, 5) is 16.4. The number of aryl methyl sites for hydroxylation is 1. The van der Waals surface area contributed by atoms with Crippen molar-refractivity contribution in [2.75, 3.05) is 6.54 Å². The van der Waals surface area contributed by atoms with Gasteiger partial charge in [0, 0.05) is 30.8 Å². The maximum Gasteiger partial charge on any atom is 0.412 e. The molecule has 2 aromatic carbocycles. The second kappa shape index (κ2) is 7.66. The Kier molecular flexibility index (Phi) is 5.14. The monoisotopic (exact) mass is 335 g/mol. The van der Waals surface area contributed by atoms with Crippen LogP contribution in [0.5, 0.6) is 5.75 Å². The van der Waals surface area contributed by atoms with E-state index < -0.39 is 6.09 Å². The molecule has 5 nitrogen and oxygen atoms in total. The Hall–Kier alpha value is -3.08. The fourth-order valence-electron chi connectivity index (χ4n) is 2.62. The smallest absolute Gasteiger partial charge is 0.410 e. The van der Waals surface area contributed by atoms with E-state index in [1.165, 1.54) is 0 Å². The lowest BCUT2D eigenvalue weighted by atomic mass is 10.2. The van der Waals surface area contributed by atoms with Gasteiger partial charge in [0.15, 0.2) is 0 Å². The topological polar surface area (TPSA) is 56.1 Å². The fourth-order valence-corrected chi connectivity index (χ4v) is 2.62. The predicted molar refractivity (Wildman–Crippen MR) is 98.1 cm³/mol. The van der Waals surface area contributed by atoms with Crippen molar-refractivity contribution >= 4 is 6.09 Å². The number of carbonyl (C=O) groups excluding carboxylic acids is 1. The number of hydrogen-bond acceptors (Lipinski definition) is 3. The molecule has 1 N–H and O–H groups in total. The summed E-state index contributed by atoms with van der Waals surface area (Å²) in [5.74, 6) is 1.45. The molecule has 0 radical (unpaired) electrons. The van der Waals surface area contributed by atoms with Gasteiger partial charge in [-0.1, -0.05) is 43.3 Å². The third-order valence-electron chi connectivity index (χ3n) is 3.79. The summed E-state index contributed by atoms with van der Waals surface area (Å²) in [6.45, 7) is 4.45. The molecule has 0 unspecified atom stereocenters.